The molecule has 0 bridgehead atoms. The number of aliphatic hydroxyl groups is 1. The minimum absolute atomic E-state index is 0.153. The van der Waals surface area contributed by atoms with Gasteiger partial charge in [-0.2, -0.15) is 0 Å². The maximum atomic E-state index is 13.5. The fourth-order valence-electron chi connectivity index (χ4n) is 1.49. The van der Waals surface area contributed by atoms with E-state index in [-0.39, 0.29) is 5.75 Å². The molecule has 1 heterocycles. The largest absolute Gasteiger partial charge is 0.494 e. The molecule has 17 heavy (non-hydrogen) atoms. The lowest BCUT2D eigenvalue weighted by atomic mass is 10.1. The summed E-state index contributed by atoms with van der Waals surface area (Å²) in [5.41, 5.74) is 1.11. The normalized spacial score (nSPS) is 12.5. The van der Waals surface area contributed by atoms with Gasteiger partial charge in [-0.3, -0.25) is 0 Å². The predicted octanol–water partition coefficient (Wildman–Crippen LogP) is 2.08. The second-order valence-corrected chi connectivity index (χ2v) is 4.30. The molecule has 6 heteroatoms. The average Bonchev–Trinajstić information content (AvgIpc) is 2.74. The van der Waals surface area contributed by atoms with Crippen LogP contribution < -0.4 is 4.74 Å². The molecule has 0 amide bonds. The molecule has 0 radical (unpaired) electrons. The highest BCUT2D eigenvalue weighted by Gasteiger charge is 2.17. The van der Waals surface area contributed by atoms with Crippen molar-refractivity contribution in [3.63, 3.8) is 0 Å². The maximum Gasteiger partial charge on any atom is 0.165 e. The first-order valence-corrected chi connectivity index (χ1v) is 5.71. The molecule has 1 N–H and O–H groups in total. The number of ether oxygens (including phenoxy) is 1. The Kier molecular flexibility index (Phi) is 3.35. The molecule has 0 saturated heterocycles. The van der Waals surface area contributed by atoms with Crippen molar-refractivity contribution in [1.29, 1.82) is 0 Å². The van der Waals surface area contributed by atoms with Crippen LogP contribution in [-0.2, 0) is 0 Å². The van der Waals surface area contributed by atoms with Crippen molar-refractivity contribution in [3.05, 3.63) is 40.2 Å². The van der Waals surface area contributed by atoms with Gasteiger partial charge in [-0.1, -0.05) is 10.6 Å². The van der Waals surface area contributed by atoms with Crippen molar-refractivity contribution in [2.24, 2.45) is 0 Å². The molecule has 0 fully saturated rings. The molecule has 1 aromatic heterocycles. The summed E-state index contributed by atoms with van der Waals surface area (Å²) in [5.74, 6) is -0.348. The highest BCUT2D eigenvalue weighted by molar-refractivity contribution is 7.05. The van der Waals surface area contributed by atoms with E-state index < -0.39 is 11.9 Å². The van der Waals surface area contributed by atoms with Gasteiger partial charge in [-0.25, -0.2) is 4.39 Å². The number of benzene rings is 1. The quantitative estimate of drug-likeness (QED) is 0.911. The minimum Gasteiger partial charge on any atom is -0.494 e. The van der Waals surface area contributed by atoms with Crippen LogP contribution in [-0.4, -0.2) is 21.8 Å². The monoisotopic (exact) mass is 254 g/mol. The standard InChI is InChI=1S/C11H11FN2O2S/c1-6-11(17-14-13-6)10(15)7-3-4-9(16-2)8(12)5-7/h3-5,10,15H,1-2H3. The van der Waals surface area contributed by atoms with E-state index in [0.29, 0.717) is 16.1 Å². The third kappa shape index (κ3) is 2.27. The molecule has 0 aliphatic rings. The summed E-state index contributed by atoms with van der Waals surface area (Å²) in [6.45, 7) is 1.75. The summed E-state index contributed by atoms with van der Waals surface area (Å²) in [5, 5.41) is 13.9. The fraction of sp³-hybridized carbons (Fsp3) is 0.273. The van der Waals surface area contributed by atoms with E-state index >= 15 is 0 Å². The summed E-state index contributed by atoms with van der Waals surface area (Å²) in [6.07, 6.45) is -0.907. The molecule has 90 valence electrons. The van der Waals surface area contributed by atoms with E-state index in [4.69, 9.17) is 4.74 Å². The van der Waals surface area contributed by atoms with Gasteiger partial charge in [0, 0.05) is 0 Å². The van der Waals surface area contributed by atoms with Crippen molar-refractivity contribution in [1.82, 2.24) is 9.59 Å². The lowest BCUT2D eigenvalue weighted by Gasteiger charge is -2.10. The molecule has 0 aliphatic heterocycles. The van der Waals surface area contributed by atoms with Crippen LogP contribution in [0.15, 0.2) is 18.2 Å². The average molecular weight is 254 g/mol. The SMILES string of the molecule is COc1ccc(C(O)c2snnc2C)cc1F. The lowest BCUT2D eigenvalue weighted by Crippen LogP contribution is -2.00. The Hall–Kier alpha value is -1.53. The van der Waals surface area contributed by atoms with Crippen molar-refractivity contribution in [3.8, 4) is 5.75 Å². The molecule has 1 aromatic carbocycles. The second-order valence-electron chi connectivity index (χ2n) is 3.52. The van der Waals surface area contributed by atoms with Gasteiger partial charge in [0.05, 0.1) is 17.7 Å². The van der Waals surface area contributed by atoms with Gasteiger partial charge in [-0.15, -0.1) is 5.10 Å². The van der Waals surface area contributed by atoms with Crippen LogP contribution in [0.2, 0.25) is 0 Å². The third-order valence-electron chi connectivity index (χ3n) is 2.43. The zero-order valence-electron chi connectivity index (χ0n) is 9.35. The first-order chi connectivity index (χ1) is 8.13. The summed E-state index contributed by atoms with van der Waals surface area (Å²) >= 11 is 1.10. The van der Waals surface area contributed by atoms with E-state index in [1.54, 1.807) is 13.0 Å². The van der Waals surface area contributed by atoms with Crippen LogP contribution in [0, 0.1) is 12.7 Å². The Bertz CT molecular complexity index is 530. The van der Waals surface area contributed by atoms with Crippen LogP contribution in [0.1, 0.15) is 22.2 Å². The van der Waals surface area contributed by atoms with E-state index in [9.17, 15) is 9.50 Å². The van der Waals surface area contributed by atoms with Gasteiger partial charge in [0.1, 0.15) is 6.10 Å². The van der Waals surface area contributed by atoms with Crippen LogP contribution in [0.3, 0.4) is 0 Å². The molecular formula is C11H11FN2O2S. The van der Waals surface area contributed by atoms with Gasteiger partial charge in [0.15, 0.2) is 11.6 Å². The minimum atomic E-state index is -0.907. The molecule has 1 unspecified atom stereocenters. The Balaban J connectivity index is 2.35. The zero-order valence-corrected chi connectivity index (χ0v) is 10.2. The van der Waals surface area contributed by atoms with Crippen LogP contribution in [0.25, 0.3) is 0 Å². The highest BCUT2D eigenvalue weighted by Crippen LogP contribution is 2.29. The van der Waals surface area contributed by atoms with Gasteiger partial charge >= 0.3 is 0 Å². The zero-order chi connectivity index (χ0) is 12.4. The molecule has 0 saturated carbocycles. The number of aryl methyl sites for hydroxylation is 1. The summed E-state index contributed by atoms with van der Waals surface area (Å²) in [4.78, 5) is 0.620. The van der Waals surface area contributed by atoms with Gasteiger partial charge in [0.25, 0.3) is 0 Å². The number of aliphatic hydroxyl groups excluding tert-OH is 1. The van der Waals surface area contributed by atoms with Gasteiger partial charge in [0.2, 0.25) is 0 Å². The van der Waals surface area contributed by atoms with Gasteiger partial charge in [-0.05, 0) is 36.2 Å². The number of hydrogen-bond acceptors (Lipinski definition) is 5. The van der Waals surface area contributed by atoms with Crippen molar-refractivity contribution >= 4 is 11.5 Å². The summed E-state index contributed by atoms with van der Waals surface area (Å²) in [6, 6.07) is 4.35. The highest BCUT2D eigenvalue weighted by atomic mass is 32.1. The van der Waals surface area contributed by atoms with E-state index in [0.717, 1.165) is 11.5 Å². The van der Waals surface area contributed by atoms with E-state index in [2.05, 4.69) is 9.59 Å². The smallest absolute Gasteiger partial charge is 0.165 e. The number of hydrogen-bond donors (Lipinski definition) is 1. The third-order valence-corrected chi connectivity index (χ3v) is 3.31. The van der Waals surface area contributed by atoms with Crippen molar-refractivity contribution < 1.29 is 14.2 Å². The van der Waals surface area contributed by atoms with E-state index in [1.165, 1.54) is 19.2 Å². The summed E-state index contributed by atoms with van der Waals surface area (Å²) in [7, 11) is 1.39. The van der Waals surface area contributed by atoms with Crippen molar-refractivity contribution in [2.45, 2.75) is 13.0 Å². The molecular weight excluding hydrogens is 243 g/mol. The van der Waals surface area contributed by atoms with E-state index in [1.807, 2.05) is 0 Å². The summed E-state index contributed by atoms with van der Waals surface area (Å²) < 4.78 is 22.0. The van der Waals surface area contributed by atoms with Crippen molar-refractivity contribution in [2.75, 3.05) is 7.11 Å². The first kappa shape index (κ1) is 11.9. The molecule has 0 aliphatic carbocycles. The Labute approximate surface area is 102 Å². The number of nitrogens with zero attached hydrogens (tertiary/aromatic N) is 2. The fourth-order valence-corrected chi connectivity index (χ4v) is 2.15. The van der Waals surface area contributed by atoms with Crippen LogP contribution >= 0.6 is 11.5 Å². The number of aromatic nitrogens is 2. The Morgan fingerprint density at radius 1 is 1.47 bits per heavy atom. The number of halogens is 1. The van der Waals surface area contributed by atoms with Crippen LogP contribution in [0.5, 0.6) is 5.75 Å². The molecule has 2 aromatic rings. The predicted molar refractivity (Wildman–Crippen MR) is 61.7 cm³/mol. The maximum absolute atomic E-state index is 13.5. The first-order valence-electron chi connectivity index (χ1n) is 4.94. The topological polar surface area (TPSA) is 55.2 Å². The Morgan fingerprint density at radius 3 is 2.76 bits per heavy atom. The number of methoxy groups -OCH3 is 1. The lowest BCUT2D eigenvalue weighted by molar-refractivity contribution is 0.222. The number of rotatable bonds is 3. The second kappa shape index (κ2) is 4.77. The molecule has 1 atom stereocenters. The molecule has 2 rings (SSSR count). The Morgan fingerprint density at radius 2 is 2.24 bits per heavy atom. The molecule has 0 spiro atoms. The van der Waals surface area contributed by atoms with Gasteiger partial charge < -0.3 is 9.84 Å². The molecule has 4 nitrogen and oxygen atoms in total. The van der Waals surface area contributed by atoms with Crippen LogP contribution in [0.4, 0.5) is 4.39 Å².